The summed E-state index contributed by atoms with van der Waals surface area (Å²) in [6.45, 7) is 0. The molecule has 1 aromatic carbocycles. The number of hydrogen-bond acceptors (Lipinski definition) is 5. The molecule has 0 bridgehead atoms. The summed E-state index contributed by atoms with van der Waals surface area (Å²) in [6, 6.07) is 2.10. The number of benzene rings is 1. The molecule has 0 aliphatic rings. The quantitative estimate of drug-likeness (QED) is 0.274. The fourth-order valence-corrected chi connectivity index (χ4v) is 2.84. The molecule has 0 amide bonds. The van der Waals surface area contributed by atoms with Crippen LogP contribution in [-0.2, 0) is 14.9 Å². The summed E-state index contributed by atoms with van der Waals surface area (Å²) in [7, 11) is -5.91. The number of esters is 1. The van der Waals surface area contributed by atoms with E-state index in [0.29, 0.717) is 0 Å². The van der Waals surface area contributed by atoms with Gasteiger partial charge in [-0.05, 0) is 57.3 Å². The van der Waals surface area contributed by atoms with Crippen molar-refractivity contribution in [2.45, 2.75) is 5.25 Å². The Balaban J connectivity index is 3.08. The van der Waals surface area contributed by atoms with Gasteiger partial charge in [0.05, 0.1) is 7.14 Å². The number of ether oxygens (including phenoxy) is 1. The molecule has 6 nitrogen and oxygen atoms in total. The van der Waals surface area contributed by atoms with Crippen LogP contribution in [0.3, 0.4) is 0 Å². The van der Waals surface area contributed by atoms with Crippen molar-refractivity contribution >= 4 is 61.3 Å². The maximum atomic E-state index is 12.9. The molecule has 19 heavy (non-hydrogen) atoms. The molecule has 11 heteroatoms. The van der Waals surface area contributed by atoms with Crippen molar-refractivity contribution < 1.29 is 36.4 Å². The molecule has 1 rings (SSSR count). The molecule has 0 unspecified atom stereocenters. The monoisotopic (exact) mass is 520 g/mol. The summed E-state index contributed by atoms with van der Waals surface area (Å²) in [5.41, 5.74) is 0. The van der Waals surface area contributed by atoms with Crippen molar-refractivity contribution in [3.8, 4) is 11.5 Å². The third-order valence-corrected chi connectivity index (χ3v) is 4.22. The minimum absolute atomic E-state index is 0.137. The molecular formula is C8H4F2I2O6S. The van der Waals surface area contributed by atoms with Gasteiger partial charge in [-0.1, -0.05) is 0 Å². The van der Waals surface area contributed by atoms with Gasteiger partial charge in [-0.2, -0.15) is 17.2 Å². The highest BCUT2D eigenvalue weighted by Gasteiger charge is 2.54. The van der Waals surface area contributed by atoms with E-state index >= 15 is 0 Å². The van der Waals surface area contributed by atoms with Crippen LogP contribution in [0.15, 0.2) is 12.1 Å². The molecule has 0 aliphatic carbocycles. The Morgan fingerprint density at radius 2 is 1.68 bits per heavy atom. The van der Waals surface area contributed by atoms with E-state index in [1.54, 1.807) is 45.2 Å². The topological polar surface area (TPSA) is 101 Å². The highest BCUT2D eigenvalue weighted by atomic mass is 127. The molecule has 0 atom stereocenters. The molecule has 0 heterocycles. The fraction of sp³-hybridized carbons (Fsp3) is 0.125. The van der Waals surface area contributed by atoms with Crippen molar-refractivity contribution in [3.05, 3.63) is 19.3 Å². The van der Waals surface area contributed by atoms with Gasteiger partial charge in [-0.15, -0.1) is 0 Å². The van der Waals surface area contributed by atoms with Gasteiger partial charge in [0.1, 0.15) is 11.5 Å². The van der Waals surface area contributed by atoms with Gasteiger partial charge in [0.25, 0.3) is 0 Å². The summed E-state index contributed by atoms with van der Waals surface area (Å²) >= 11 is 3.32. The zero-order valence-corrected chi connectivity index (χ0v) is 13.7. The predicted octanol–water partition coefficient (Wildman–Crippen LogP) is 1.99. The lowest BCUT2D eigenvalue weighted by molar-refractivity contribution is -0.151. The molecule has 0 saturated heterocycles. The van der Waals surface area contributed by atoms with Gasteiger partial charge < -0.3 is 9.84 Å². The van der Waals surface area contributed by atoms with Crippen LogP contribution in [-0.4, -0.2) is 29.3 Å². The second-order valence-electron chi connectivity index (χ2n) is 3.12. The number of aromatic hydroxyl groups is 1. The van der Waals surface area contributed by atoms with Crippen molar-refractivity contribution in [2.24, 2.45) is 0 Å². The molecule has 0 aliphatic heterocycles. The Labute approximate surface area is 133 Å². The standard InChI is InChI=1S/C8H4F2I2O6S/c9-8(10,19(15,16)17)7(14)18-3-1-4(11)6(13)5(12)2-3/h1-2,13H,(H,15,16,17). The van der Waals surface area contributed by atoms with E-state index in [1.165, 1.54) is 0 Å². The normalized spacial score (nSPS) is 12.3. The van der Waals surface area contributed by atoms with Crippen LogP contribution in [0, 0.1) is 7.14 Å². The van der Waals surface area contributed by atoms with E-state index in [1.807, 2.05) is 0 Å². The largest absolute Gasteiger partial charge is 0.506 e. The smallest absolute Gasteiger partial charge is 0.466 e. The first kappa shape index (κ1) is 16.8. The van der Waals surface area contributed by atoms with E-state index in [9.17, 15) is 27.1 Å². The minimum atomic E-state index is -5.91. The van der Waals surface area contributed by atoms with E-state index < -0.39 is 21.3 Å². The molecule has 2 N–H and O–H groups in total. The molecule has 106 valence electrons. The van der Waals surface area contributed by atoms with Gasteiger partial charge in [-0.25, -0.2) is 4.79 Å². The van der Waals surface area contributed by atoms with Crippen LogP contribution in [0.2, 0.25) is 0 Å². The number of hydrogen-bond donors (Lipinski definition) is 2. The Morgan fingerprint density at radius 1 is 1.26 bits per heavy atom. The van der Waals surface area contributed by atoms with Crippen LogP contribution >= 0.6 is 45.2 Å². The minimum Gasteiger partial charge on any atom is -0.506 e. The third kappa shape index (κ3) is 3.63. The molecule has 1 aromatic rings. The van der Waals surface area contributed by atoms with E-state index in [0.717, 1.165) is 12.1 Å². The third-order valence-electron chi connectivity index (χ3n) is 1.76. The van der Waals surface area contributed by atoms with Crippen molar-refractivity contribution in [1.29, 1.82) is 0 Å². The maximum absolute atomic E-state index is 12.9. The number of rotatable bonds is 3. The number of phenols is 1. The van der Waals surface area contributed by atoms with Crippen LogP contribution in [0.4, 0.5) is 8.78 Å². The number of phenolic OH excluding ortho intramolecular Hbond substituents is 1. The van der Waals surface area contributed by atoms with Crippen molar-refractivity contribution in [1.82, 2.24) is 0 Å². The molecule has 0 fully saturated rings. The number of carbonyl (C=O) groups is 1. The Morgan fingerprint density at radius 3 is 2.05 bits per heavy atom. The number of halogens is 4. The summed E-state index contributed by atoms with van der Waals surface area (Å²) in [5, 5.41) is 4.35. The molecule has 0 aromatic heterocycles. The van der Waals surface area contributed by atoms with Crippen molar-refractivity contribution in [2.75, 3.05) is 0 Å². The van der Waals surface area contributed by atoms with E-state index in [-0.39, 0.29) is 18.6 Å². The summed E-state index contributed by atoms with van der Waals surface area (Å²) < 4.78 is 59.3. The molecule has 0 saturated carbocycles. The predicted molar refractivity (Wildman–Crippen MR) is 75.7 cm³/mol. The average molecular weight is 520 g/mol. The Hall–Kier alpha value is -0.280. The van der Waals surface area contributed by atoms with Gasteiger partial charge in [0, 0.05) is 0 Å². The fourth-order valence-electron chi connectivity index (χ4n) is 0.873. The Bertz CT molecular complexity index is 607. The van der Waals surface area contributed by atoms with Crippen molar-refractivity contribution in [3.63, 3.8) is 0 Å². The number of carbonyl (C=O) groups excluding carboxylic acids is 1. The first-order valence-electron chi connectivity index (χ1n) is 4.22. The number of alkyl halides is 2. The SMILES string of the molecule is O=C(Oc1cc(I)c(O)c(I)c1)C(F)(F)S(=O)(=O)O. The van der Waals surface area contributed by atoms with Gasteiger partial charge in [-0.3, -0.25) is 4.55 Å². The lowest BCUT2D eigenvalue weighted by Gasteiger charge is -2.12. The van der Waals surface area contributed by atoms with Gasteiger partial charge >= 0.3 is 21.3 Å². The first-order chi connectivity index (χ1) is 8.46. The Kier molecular flexibility index (Phi) is 4.95. The summed E-state index contributed by atoms with van der Waals surface area (Å²) in [5.74, 6) is -2.96. The maximum Gasteiger partial charge on any atom is 0.466 e. The van der Waals surface area contributed by atoms with Gasteiger partial charge in [0.15, 0.2) is 0 Å². The van der Waals surface area contributed by atoms with E-state index in [2.05, 4.69) is 4.74 Å². The van der Waals surface area contributed by atoms with Crippen LogP contribution in [0.25, 0.3) is 0 Å². The highest BCUT2D eigenvalue weighted by Crippen LogP contribution is 2.32. The zero-order valence-electron chi connectivity index (χ0n) is 8.60. The average Bonchev–Trinajstić information content (AvgIpc) is 2.24. The second kappa shape index (κ2) is 5.61. The zero-order chi connectivity index (χ0) is 15.0. The second-order valence-corrected chi connectivity index (χ2v) is 6.90. The van der Waals surface area contributed by atoms with E-state index in [4.69, 9.17) is 4.55 Å². The molecule has 0 radical (unpaired) electrons. The lowest BCUT2D eigenvalue weighted by Crippen LogP contribution is -2.40. The molecular weight excluding hydrogens is 516 g/mol. The molecule has 0 spiro atoms. The first-order valence-corrected chi connectivity index (χ1v) is 7.81. The van der Waals surface area contributed by atoms with Crippen LogP contribution in [0.5, 0.6) is 11.5 Å². The highest BCUT2D eigenvalue weighted by molar-refractivity contribution is 14.1. The van der Waals surface area contributed by atoms with Crippen LogP contribution < -0.4 is 4.74 Å². The lowest BCUT2D eigenvalue weighted by atomic mass is 10.3. The van der Waals surface area contributed by atoms with Gasteiger partial charge in [0.2, 0.25) is 0 Å². The summed E-state index contributed by atoms with van der Waals surface area (Å²) in [4.78, 5) is 11.0. The summed E-state index contributed by atoms with van der Waals surface area (Å²) in [6.07, 6.45) is 0. The van der Waals surface area contributed by atoms with Crippen LogP contribution in [0.1, 0.15) is 0 Å².